The molecule has 0 aromatic heterocycles. The molecule has 0 N–H and O–H groups in total. The molecule has 1 aromatic rings. The zero-order valence-electron chi connectivity index (χ0n) is 10.2. The number of carbonyl (C=O) groups excluding carboxylic acids is 1. The van der Waals surface area contributed by atoms with Gasteiger partial charge in [-0.25, -0.2) is 4.39 Å². The first-order valence-corrected chi connectivity index (χ1v) is 5.47. The van der Waals surface area contributed by atoms with E-state index in [4.69, 9.17) is 0 Å². The molecular formula is C14H17FO. The van der Waals surface area contributed by atoms with E-state index in [0.29, 0.717) is 17.6 Å². The topological polar surface area (TPSA) is 17.1 Å². The van der Waals surface area contributed by atoms with E-state index < -0.39 is 5.82 Å². The Morgan fingerprint density at radius 2 is 2.00 bits per heavy atom. The third-order valence-corrected chi connectivity index (χ3v) is 2.68. The molecule has 0 saturated carbocycles. The van der Waals surface area contributed by atoms with Crippen molar-refractivity contribution in [2.75, 3.05) is 0 Å². The molecule has 0 fully saturated rings. The van der Waals surface area contributed by atoms with Crippen LogP contribution in [0.3, 0.4) is 0 Å². The minimum absolute atomic E-state index is 0.194. The zero-order valence-corrected chi connectivity index (χ0v) is 10.2. The first-order chi connectivity index (χ1) is 7.51. The molecule has 0 heterocycles. The smallest absolute Gasteiger partial charge is 0.191 e. The fourth-order valence-corrected chi connectivity index (χ4v) is 1.86. The third kappa shape index (κ3) is 2.38. The van der Waals surface area contributed by atoms with Crippen molar-refractivity contribution in [2.24, 2.45) is 0 Å². The van der Waals surface area contributed by atoms with Crippen LogP contribution in [0.2, 0.25) is 0 Å². The minimum Gasteiger partial charge on any atom is -0.289 e. The number of halogens is 1. The van der Waals surface area contributed by atoms with Gasteiger partial charge in [-0.2, -0.15) is 0 Å². The summed E-state index contributed by atoms with van der Waals surface area (Å²) in [6.07, 6.45) is 2.38. The molecule has 0 amide bonds. The summed E-state index contributed by atoms with van der Waals surface area (Å²) in [7, 11) is 0. The second-order valence-electron chi connectivity index (χ2n) is 3.94. The third-order valence-electron chi connectivity index (χ3n) is 2.68. The lowest BCUT2D eigenvalue weighted by Gasteiger charge is -2.09. The van der Waals surface area contributed by atoms with E-state index in [-0.39, 0.29) is 11.3 Å². The monoisotopic (exact) mass is 220 g/mol. The molecule has 0 spiro atoms. The lowest BCUT2D eigenvalue weighted by atomic mass is 9.95. The predicted octanol–water partition coefficient (Wildman–Crippen LogP) is 3.98. The molecule has 0 bridgehead atoms. The van der Waals surface area contributed by atoms with Gasteiger partial charge in [-0.3, -0.25) is 4.79 Å². The van der Waals surface area contributed by atoms with Crippen molar-refractivity contribution in [3.05, 3.63) is 46.3 Å². The maximum Gasteiger partial charge on any atom is 0.191 e. The Hall–Kier alpha value is -1.44. The van der Waals surface area contributed by atoms with E-state index in [2.05, 4.69) is 0 Å². The summed E-state index contributed by atoms with van der Waals surface area (Å²) in [4.78, 5) is 12.1. The lowest BCUT2D eigenvalue weighted by Crippen LogP contribution is -2.08. The number of benzene rings is 1. The van der Waals surface area contributed by atoms with Crippen LogP contribution in [0.25, 0.3) is 0 Å². The van der Waals surface area contributed by atoms with Crippen molar-refractivity contribution < 1.29 is 9.18 Å². The SMILES string of the molecule is CC=C(CC)C(=O)c1c(C)cc(C)cc1F. The van der Waals surface area contributed by atoms with Crippen molar-refractivity contribution >= 4 is 5.78 Å². The average molecular weight is 220 g/mol. The first-order valence-electron chi connectivity index (χ1n) is 5.47. The Bertz CT molecular complexity index is 421. The summed E-state index contributed by atoms with van der Waals surface area (Å²) in [5, 5.41) is 0. The second kappa shape index (κ2) is 5.06. The number of hydrogen-bond donors (Lipinski definition) is 0. The molecule has 1 nitrogen and oxygen atoms in total. The van der Waals surface area contributed by atoms with Gasteiger partial charge in [0.25, 0.3) is 0 Å². The van der Waals surface area contributed by atoms with Gasteiger partial charge in [0.1, 0.15) is 5.82 Å². The molecule has 0 atom stereocenters. The number of Topliss-reactive ketones (excluding diaryl/α,β-unsaturated/α-hetero) is 1. The van der Waals surface area contributed by atoms with Gasteiger partial charge in [0.05, 0.1) is 5.56 Å². The minimum atomic E-state index is -0.421. The average Bonchev–Trinajstić information content (AvgIpc) is 2.17. The van der Waals surface area contributed by atoms with Crippen LogP contribution in [0.4, 0.5) is 4.39 Å². The van der Waals surface area contributed by atoms with Crippen LogP contribution in [0, 0.1) is 19.7 Å². The van der Waals surface area contributed by atoms with Gasteiger partial charge in [0.15, 0.2) is 5.78 Å². The molecule has 2 heteroatoms. The van der Waals surface area contributed by atoms with E-state index >= 15 is 0 Å². The molecule has 1 aromatic carbocycles. The lowest BCUT2D eigenvalue weighted by molar-refractivity contribution is 0.102. The van der Waals surface area contributed by atoms with Gasteiger partial charge in [-0.15, -0.1) is 0 Å². The molecule has 86 valence electrons. The second-order valence-corrected chi connectivity index (χ2v) is 3.94. The number of allylic oxidation sites excluding steroid dienone is 2. The van der Waals surface area contributed by atoms with Crippen LogP contribution in [0.15, 0.2) is 23.8 Å². The number of carbonyl (C=O) groups is 1. The van der Waals surface area contributed by atoms with Gasteiger partial charge in [-0.1, -0.05) is 19.1 Å². The number of ketones is 1. The molecule has 16 heavy (non-hydrogen) atoms. The van der Waals surface area contributed by atoms with E-state index in [1.54, 1.807) is 19.9 Å². The van der Waals surface area contributed by atoms with Gasteiger partial charge in [-0.05, 0) is 50.0 Å². The zero-order chi connectivity index (χ0) is 12.3. The van der Waals surface area contributed by atoms with Gasteiger partial charge >= 0.3 is 0 Å². The Kier molecular flexibility index (Phi) is 3.99. The fraction of sp³-hybridized carbons (Fsp3) is 0.357. The summed E-state index contributed by atoms with van der Waals surface area (Å²) in [5.74, 6) is -0.615. The van der Waals surface area contributed by atoms with Crippen LogP contribution >= 0.6 is 0 Å². The summed E-state index contributed by atoms with van der Waals surface area (Å²) < 4.78 is 13.7. The quantitative estimate of drug-likeness (QED) is 0.556. The van der Waals surface area contributed by atoms with Crippen molar-refractivity contribution in [1.82, 2.24) is 0 Å². The largest absolute Gasteiger partial charge is 0.289 e. The Balaban J connectivity index is 3.29. The summed E-state index contributed by atoms with van der Waals surface area (Å²) in [6, 6.07) is 3.24. The Labute approximate surface area is 96.0 Å². The molecule has 0 radical (unpaired) electrons. The summed E-state index contributed by atoms with van der Waals surface area (Å²) >= 11 is 0. The Morgan fingerprint density at radius 3 is 2.44 bits per heavy atom. The first kappa shape index (κ1) is 12.6. The summed E-state index contributed by atoms with van der Waals surface area (Å²) in [6.45, 7) is 7.29. The van der Waals surface area contributed by atoms with Crippen molar-refractivity contribution in [3.63, 3.8) is 0 Å². The van der Waals surface area contributed by atoms with Crippen molar-refractivity contribution in [3.8, 4) is 0 Å². The van der Waals surface area contributed by atoms with Crippen LogP contribution in [0.1, 0.15) is 41.8 Å². The normalized spacial score (nSPS) is 11.7. The standard InChI is InChI=1S/C14H17FO/c1-5-11(6-2)14(16)13-10(4)7-9(3)8-12(13)15/h5,7-8H,6H2,1-4H3. The van der Waals surface area contributed by atoms with E-state index in [9.17, 15) is 9.18 Å². The van der Waals surface area contributed by atoms with Crippen molar-refractivity contribution in [2.45, 2.75) is 34.1 Å². The molecule has 0 aliphatic heterocycles. The van der Waals surface area contributed by atoms with E-state index in [1.807, 2.05) is 19.9 Å². The van der Waals surface area contributed by atoms with E-state index in [0.717, 1.165) is 5.56 Å². The van der Waals surface area contributed by atoms with Gasteiger partial charge in [0.2, 0.25) is 0 Å². The van der Waals surface area contributed by atoms with Crippen LogP contribution in [-0.4, -0.2) is 5.78 Å². The van der Waals surface area contributed by atoms with Crippen LogP contribution in [-0.2, 0) is 0 Å². The molecule has 0 aliphatic carbocycles. The molecule has 0 saturated heterocycles. The number of aryl methyl sites for hydroxylation is 2. The molecule has 1 rings (SSSR count). The predicted molar refractivity (Wildman–Crippen MR) is 64.3 cm³/mol. The van der Waals surface area contributed by atoms with Gasteiger partial charge < -0.3 is 0 Å². The van der Waals surface area contributed by atoms with Gasteiger partial charge in [0, 0.05) is 0 Å². The Morgan fingerprint density at radius 1 is 1.38 bits per heavy atom. The highest BCUT2D eigenvalue weighted by molar-refractivity contribution is 6.09. The highest BCUT2D eigenvalue weighted by Gasteiger charge is 2.17. The van der Waals surface area contributed by atoms with Crippen LogP contribution < -0.4 is 0 Å². The molecular weight excluding hydrogens is 203 g/mol. The van der Waals surface area contributed by atoms with Crippen LogP contribution in [0.5, 0.6) is 0 Å². The fourth-order valence-electron chi connectivity index (χ4n) is 1.86. The summed E-state index contributed by atoms with van der Waals surface area (Å²) in [5.41, 5.74) is 2.41. The molecule has 0 unspecified atom stereocenters. The highest BCUT2D eigenvalue weighted by Crippen LogP contribution is 2.20. The highest BCUT2D eigenvalue weighted by atomic mass is 19.1. The number of rotatable bonds is 3. The van der Waals surface area contributed by atoms with Crippen molar-refractivity contribution in [1.29, 1.82) is 0 Å². The van der Waals surface area contributed by atoms with E-state index in [1.165, 1.54) is 6.07 Å². The number of hydrogen-bond acceptors (Lipinski definition) is 1. The maximum atomic E-state index is 13.7. The maximum absolute atomic E-state index is 13.7. The molecule has 0 aliphatic rings.